The molecule has 8 heteroatoms. The Labute approximate surface area is 174 Å². The number of hydrogen-bond acceptors (Lipinski definition) is 4. The van der Waals surface area contributed by atoms with Crippen LogP contribution in [-0.4, -0.2) is 60.8 Å². The van der Waals surface area contributed by atoms with E-state index in [0.29, 0.717) is 25.3 Å². The van der Waals surface area contributed by atoms with Crippen LogP contribution < -0.4 is 0 Å². The number of rotatable bonds is 4. The Morgan fingerprint density at radius 2 is 1.87 bits per heavy atom. The van der Waals surface area contributed by atoms with E-state index in [1.54, 1.807) is 34.0 Å². The van der Waals surface area contributed by atoms with Crippen LogP contribution in [0.2, 0.25) is 0 Å². The summed E-state index contributed by atoms with van der Waals surface area (Å²) in [5.74, 6) is 0.488. The van der Waals surface area contributed by atoms with Crippen LogP contribution in [-0.2, 0) is 18.4 Å². The molecule has 2 saturated heterocycles. The van der Waals surface area contributed by atoms with Gasteiger partial charge < -0.3 is 9.80 Å². The van der Waals surface area contributed by atoms with Crippen LogP contribution in [0.3, 0.4) is 0 Å². The summed E-state index contributed by atoms with van der Waals surface area (Å²) in [6, 6.07) is 13.7. The third-order valence-corrected chi connectivity index (χ3v) is 6.20. The van der Waals surface area contributed by atoms with E-state index in [2.05, 4.69) is 22.3 Å². The van der Waals surface area contributed by atoms with E-state index >= 15 is 0 Å². The molecule has 154 valence electrons. The van der Waals surface area contributed by atoms with E-state index in [4.69, 9.17) is 0 Å². The van der Waals surface area contributed by atoms with Gasteiger partial charge in [-0.15, -0.1) is 0 Å². The molecule has 30 heavy (non-hydrogen) atoms. The Balaban J connectivity index is 1.39. The Kier molecular flexibility index (Phi) is 4.61. The maximum atomic E-state index is 13.1. The highest BCUT2D eigenvalue weighted by molar-refractivity contribution is 5.92. The van der Waals surface area contributed by atoms with Gasteiger partial charge in [-0.05, 0) is 17.7 Å². The molecule has 0 N–H and O–H groups in total. The van der Waals surface area contributed by atoms with Crippen LogP contribution in [0, 0.1) is 11.8 Å². The number of carbonyl (C=O) groups is 2. The summed E-state index contributed by atoms with van der Waals surface area (Å²) in [5, 5.41) is 8.44. The number of amides is 2. The summed E-state index contributed by atoms with van der Waals surface area (Å²) >= 11 is 0. The van der Waals surface area contributed by atoms with Crippen molar-refractivity contribution in [1.82, 2.24) is 29.4 Å². The molecule has 8 nitrogen and oxygen atoms in total. The summed E-state index contributed by atoms with van der Waals surface area (Å²) in [4.78, 5) is 29.9. The van der Waals surface area contributed by atoms with Gasteiger partial charge in [-0.3, -0.25) is 19.0 Å². The second kappa shape index (κ2) is 7.44. The molecule has 0 spiro atoms. The zero-order chi connectivity index (χ0) is 20.7. The summed E-state index contributed by atoms with van der Waals surface area (Å²) < 4.78 is 3.31. The fourth-order valence-corrected chi connectivity index (χ4v) is 4.86. The van der Waals surface area contributed by atoms with Gasteiger partial charge in [0, 0.05) is 57.1 Å². The number of nitrogens with zero attached hydrogens (tertiary/aromatic N) is 6. The molecule has 5 rings (SSSR count). The molecular weight excluding hydrogens is 380 g/mol. The van der Waals surface area contributed by atoms with Crippen molar-refractivity contribution in [2.75, 3.05) is 19.6 Å². The molecule has 2 fully saturated rings. The van der Waals surface area contributed by atoms with Gasteiger partial charge in [0.1, 0.15) is 12.2 Å². The molecule has 2 aliphatic heterocycles. The number of aryl methyl sites for hydroxylation is 1. The summed E-state index contributed by atoms with van der Waals surface area (Å²) in [6.07, 6.45) is 5.27. The van der Waals surface area contributed by atoms with Gasteiger partial charge in [0.15, 0.2) is 0 Å². The van der Waals surface area contributed by atoms with Crippen LogP contribution in [0.15, 0.2) is 61.1 Å². The van der Waals surface area contributed by atoms with Gasteiger partial charge in [0.2, 0.25) is 5.91 Å². The molecule has 1 aromatic carbocycles. The van der Waals surface area contributed by atoms with Crippen molar-refractivity contribution in [2.24, 2.45) is 18.9 Å². The molecule has 0 radical (unpaired) electrons. The first-order valence-electron chi connectivity index (χ1n) is 10.2. The lowest BCUT2D eigenvalue weighted by molar-refractivity contribution is -0.133. The lowest BCUT2D eigenvalue weighted by Gasteiger charge is -2.30. The fourth-order valence-electron chi connectivity index (χ4n) is 4.86. The topological polar surface area (TPSA) is 76.3 Å². The Hall–Kier alpha value is -3.42. The van der Waals surface area contributed by atoms with Gasteiger partial charge in [-0.25, -0.2) is 0 Å². The number of carbonyl (C=O) groups excluding carboxylic acids is 2. The van der Waals surface area contributed by atoms with Crippen molar-refractivity contribution < 1.29 is 9.59 Å². The zero-order valence-corrected chi connectivity index (χ0v) is 16.8. The van der Waals surface area contributed by atoms with E-state index in [0.717, 1.165) is 5.56 Å². The van der Waals surface area contributed by atoms with Crippen molar-refractivity contribution in [3.05, 3.63) is 72.3 Å². The molecule has 2 aromatic heterocycles. The third-order valence-electron chi connectivity index (χ3n) is 6.20. The molecule has 3 atom stereocenters. The standard InChI is InChI=1S/C22H24N6O2/c1-25-11-8-19(24-25)22(30)26-12-17-13-28(20(29)15-27-10-5-9-23-27)21(18(17)14-26)16-6-3-2-4-7-16/h2-11,17-18,21H,12-15H2,1H3/t17-,18-,21+/m0/s1. The van der Waals surface area contributed by atoms with Gasteiger partial charge in [-0.2, -0.15) is 10.2 Å². The maximum Gasteiger partial charge on any atom is 0.274 e. The van der Waals surface area contributed by atoms with E-state index in [-0.39, 0.29) is 36.2 Å². The fraction of sp³-hybridized carbons (Fsp3) is 0.364. The molecule has 2 aliphatic rings. The molecule has 0 saturated carbocycles. The van der Waals surface area contributed by atoms with E-state index < -0.39 is 0 Å². The van der Waals surface area contributed by atoms with Crippen LogP contribution in [0.5, 0.6) is 0 Å². The highest BCUT2D eigenvalue weighted by atomic mass is 16.2. The quantitative estimate of drug-likeness (QED) is 0.662. The van der Waals surface area contributed by atoms with Gasteiger partial charge in [0.05, 0.1) is 6.04 Å². The van der Waals surface area contributed by atoms with Crippen LogP contribution in [0.1, 0.15) is 22.1 Å². The minimum absolute atomic E-state index is 0.0359. The van der Waals surface area contributed by atoms with Crippen LogP contribution >= 0.6 is 0 Å². The average molecular weight is 404 g/mol. The van der Waals surface area contributed by atoms with Gasteiger partial charge in [-0.1, -0.05) is 30.3 Å². The molecule has 2 amide bonds. The van der Waals surface area contributed by atoms with Crippen LogP contribution in [0.4, 0.5) is 0 Å². The number of benzene rings is 1. The number of hydrogen-bond donors (Lipinski definition) is 0. The third kappa shape index (κ3) is 3.28. The first-order chi connectivity index (χ1) is 14.6. The molecule has 0 aliphatic carbocycles. The summed E-state index contributed by atoms with van der Waals surface area (Å²) in [6.45, 7) is 2.16. The first-order valence-corrected chi connectivity index (χ1v) is 10.2. The average Bonchev–Trinajstić information content (AvgIpc) is 3.52. The molecule has 4 heterocycles. The van der Waals surface area contributed by atoms with Crippen LogP contribution in [0.25, 0.3) is 0 Å². The smallest absolute Gasteiger partial charge is 0.274 e. The van der Waals surface area contributed by atoms with E-state index in [9.17, 15) is 9.59 Å². The first kappa shape index (κ1) is 18.6. The van der Waals surface area contributed by atoms with Crippen molar-refractivity contribution in [3.8, 4) is 0 Å². The minimum Gasteiger partial charge on any atom is -0.337 e. The highest BCUT2D eigenvalue weighted by Crippen LogP contribution is 2.45. The lowest BCUT2D eigenvalue weighted by Crippen LogP contribution is -2.39. The van der Waals surface area contributed by atoms with Crippen molar-refractivity contribution in [1.29, 1.82) is 0 Å². The molecule has 0 unspecified atom stereocenters. The van der Waals surface area contributed by atoms with Crippen molar-refractivity contribution >= 4 is 11.8 Å². The lowest BCUT2D eigenvalue weighted by atomic mass is 9.89. The largest absolute Gasteiger partial charge is 0.337 e. The highest BCUT2D eigenvalue weighted by Gasteiger charge is 2.50. The number of fused-ring (bicyclic) bond motifs is 1. The summed E-state index contributed by atoms with van der Waals surface area (Å²) in [7, 11) is 1.81. The van der Waals surface area contributed by atoms with E-state index in [1.807, 2.05) is 41.1 Å². The second-order valence-corrected chi connectivity index (χ2v) is 8.11. The predicted octanol–water partition coefficient (Wildman–Crippen LogP) is 1.59. The van der Waals surface area contributed by atoms with Gasteiger partial charge >= 0.3 is 0 Å². The second-order valence-electron chi connectivity index (χ2n) is 8.11. The van der Waals surface area contributed by atoms with Crippen molar-refractivity contribution in [3.63, 3.8) is 0 Å². The molecular formula is C22H24N6O2. The molecule has 0 bridgehead atoms. The maximum absolute atomic E-state index is 13.1. The monoisotopic (exact) mass is 404 g/mol. The van der Waals surface area contributed by atoms with E-state index in [1.165, 1.54) is 0 Å². The SMILES string of the molecule is Cn1ccc(C(=O)N2C[C@H]3CN(C(=O)Cn4cccn4)[C@H](c4ccccc4)[C@H]3C2)n1. The number of likely N-dealkylation sites (tertiary alicyclic amines) is 2. The number of aromatic nitrogens is 4. The zero-order valence-electron chi connectivity index (χ0n) is 16.8. The normalized spacial score (nSPS) is 23.0. The Morgan fingerprint density at radius 1 is 1.03 bits per heavy atom. The van der Waals surface area contributed by atoms with Crippen molar-refractivity contribution in [2.45, 2.75) is 12.6 Å². The Bertz CT molecular complexity index is 1040. The Morgan fingerprint density at radius 3 is 2.57 bits per heavy atom. The summed E-state index contributed by atoms with van der Waals surface area (Å²) in [5.41, 5.74) is 1.59. The van der Waals surface area contributed by atoms with Gasteiger partial charge in [0.25, 0.3) is 5.91 Å². The minimum atomic E-state index is -0.0409. The molecule has 3 aromatic rings. The predicted molar refractivity (Wildman–Crippen MR) is 109 cm³/mol.